The van der Waals surface area contributed by atoms with E-state index in [0.717, 1.165) is 11.1 Å². The van der Waals surface area contributed by atoms with E-state index in [0.29, 0.717) is 0 Å². The second-order valence-electron chi connectivity index (χ2n) is 6.40. The number of aliphatic hydroxyl groups excluding tert-OH is 2. The minimum absolute atomic E-state index is 0.0929. The smallest absolute Gasteiger partial charge is 0.154 e. The Morgan fingerprint density at radius 2 is 1.48 bits per heavy atom. The summed E-state index contributed by atoms with van der Waals surface area (Å²) >= 11 is 0. The SMILES string of the molecule is O=S1(=O)C[C@@H](N(CCO)C(c2ccccc2)c2ccccc2)[C@@H](O)C1. The average Bonchev–Trinajstić information content (AvgIpc) is 2.89. The van der Waals surface area contributed by atoms with Crippen molar-refractivity contribution < 1.29 is 18.6 Å². The summed E-state index contributed by atoms with van der Waals surface area (Å²) in [6, 6.07) is 18.8. The Morgan fingerprint density at radius 3 is 1.88 bits per heavy atom. The Hall–Kier alpha value is -1.73. The third-order valence-corrected chi connectivity index (χ3v) is 6.34. The van der Waals surface area contributed by atoms with E-state index in [1.165, 1.54) is 0 Å². The minimum atomic E-state index is -3.28. The van der Waals surface area contributed by atoms with E-state index in [-0.39, 0.29) is 30.7 Å². The molecule has 3 rings (SSSR count). The van der Waals surface area contributed by atoms with Gasteiger partial charge >= 0.3 is 0 Å². The van der Waals surface area contributed by atoms with Crippen molar-refractivity contribution in [1.82, 2.24) is 4.90 Å². The lowest BCUT2D eigenvalue weighted by atomic mass is 9.95. The Labute approximate surface area is 148 Å². The van der Waals surface area contributed by atoms with Crippen LogP contribution in [0.25, 0.3) is 0 Å². The van der Waals surface area contributed by atoms with Gasteiger partial charge in [-0.3, -0.25) is 4.90 Å². The fraction of sp³-hybridized carbons (Fsp3) is 0.368. The van der Waals surface area contributed by atoms with Crippen LogP contribution < -0.4 is 0 Å². The molecule has 0 spiro atoms. The fourth-order valence-corrected chi connectivity index (χ4v) is 5.39. The second-order valence-corrected chi connectivity index (χ2v) is 8.55. The van der Waals surface area contributed by atoms with Crippen molar-refractivity contribution in [3.05, 3.63) is 71.8 Å². The van der Waals surface area contributed by atoms with Crippen molar-refractivity contribution in [3.8, 4) is 0 Å². The molecule has 1 saturated heterocycles. The van der Waals surface area contributed by atoms with Gasteiger partial charge < -0.3 is 10.2 Å². The zero-order valence-electron chi connectivity index (χ0n) is 13.9. The highest BCUT2D eigenvalue weighted by atomic mass is 32.2. The van der Waals surface area contributed by atoms with Crippen molar-refractivity contribution in [3.63, 3.8) is 0 Å². The lowest BCUT2D eigenvalue weighted by Crippen LogP contribution is -2.46. The zero-order chi connectivity index (χ0) is 17.9. The van der Waals surface area contributed by atoms with Crippen LogP contribution in [0.1, 0.15) is 17.2 Å². The predicted octanol–water partition coefficient (Wildman–Crippen LogP) is 1.23. The summed E-state index contributed by atoms with van der Waals surface area (Å²) < 4.78 is 24.0. The Morgan fingerprint density at radius 1 is 0.960 bits per heavy atom. The third-order valence-electron chi connectivity index (χ3n) is 4.64. The quantitative estimate of drug-likeness (QED) is 0.809. The first kappa shape index (κ1) is 18.1. The summed E-state index contributed by atoms with van der Waals surface area (Å²) in [7, 11) is -3.28. The molecule has 134 valence electrons. The van der Waals surface area contributed by atoms with Gasteiger partial charge in [0.05, 0.1) is 36.3 Å². The van der Waals surface area contributed by atoms with E-state index < -0.39 is 22.0 Å². The molecule has 1 aliphatic heterocycles. The topological polar surface area (TPSA) is 77.8 Å². The van der Waals surface area contributed by atoms with E-state index in [4.69, 9.17) is 0 Å². The minimum Gasteiger partial charge on any atom is -0.395 e. The highest BCUT2D eigenvalue weighted by Gasteiger charge is 2.42. The van der Waals surface area contributed by atoms with Crippen LogP contribution in [0.2, 0.25) is 0 Å². The molecule has 0 aromatic heterocycles. The Kier molecular flexibility index (Phi) is 5.54. The molecule has 0 amide bonds. The number of sulfone groups is 1. The van der Waals surface area contributed by atoms with E-state index in [1.54, 1.807) is 0 Å². The first-order valence-corrected chi connectivity index (χ1v) is 10.2. The van der Waals surface area contributed by atoms with Gasteiger partial charge in [-0.2, -0.15) is 0 Å². The lowest BCUT2D eigenvalue weighted by molar-refractivity contribution is 0.0513. The highest BCUT2D eigenvalue weighted by Crippen LogP contribution is 2.33. The van der Waals surface area contributed by atoms with Crippen molar-refractivity contribution in [2.45, 2.75) is 18.2 Å². The van der Waals surface area contributed by atoms with Crippen LogP contribution in [0.15, 0.2) is 60.7 Å². The molecule has 1 fully saturated rings. The maximum Gasteiger partial charge on any atom is 0.154 e. The van der Waals surface area contributed by atoms with Crippen LogP contribution in [-0.2, 0) is 9.84 Å². The van der Waals surface area contributed by atoms with Crippen LogP contribution in [0.5, 0.6) is 0 Å². The summed E-state index contributed by atoms with van der Waals surface area (Å²) in [5.74, 6) is -0.319. The van der Waals surface area contributed by atoms with Crippen LogP contribution in [0, 0.1) is 0 Å². The molecule has 1 aliphatic rings. The third kappa shape index (κ3) is 4.10. The highest BCUT2D eigenvalue weighted by molar-refractivity contribution is 7.91. The maximum atomic E-state index is 12.0. The molecule has 0 saturated carbocycles. The normalized spacial score (nSPS) is 22.6. The summed E-state index contributed by atoms with van der Waals surface area (Å²) in [5.41, 5.74) is 2.00. The molecule has 0 radical (unpaired) electrons. The van der Waals surface area contributed by atoms with Crippen LogP contribution in [0.4, 0.5) is 0 Å². The summed E-state index contributed by atoms with van der Waals surface area (Å²) in [6.07, 6.45) is -0.952. The molecule has 0 bridgehead atoms. The van der Waals surface area contributed by atoms with Gasteiger partial charge in [0.2, 0.25) is 0 Å². The fourth-order valence-electron chi connectivity index (χ4n) is 3.58. The number of hydrogen-bond donors (Lipinski definition) is 2. The lowest BCUT2D eigenvalue weighted by Gasteiger charge is -2.37. The second kappa shape index (κ2) is 7.66. The largest absolute Gasteiger partial charge is 0.395 e. The van der Waals surface area contributed by atoms with Gasteiger partial charge in [0.1, 0.15) is 0 Å². The van der Waals surface area contributed by atoms with E-state index >= 15 is 0 Å². The van der Waals surface area contributed by atoms with E-state index in [9.17, 15) is 18.6 Å². The summed E-state index contributed by atoms with van der Waals surface area (Å²) in [4.78, 5) is 1.92. The molecule has 2 aromatic rings. The Bertz CT molecular complexity index is 740. The molecule has 25 heavy (non-hydrogen) atoms. The monoisotopic (exact) mass is 361 g/mol. The molecular weight excluding hydrogens is 338 g/mol. The van der Waals surface area contributed by atoms with Gasteiger partial charge in [-0.25, -0.2) is 8.42 Å². The van der Waals surface area contributed by atoms with Crippen molar-refractivity contribution in [2.24, 2.45) is 0 Å². The molecule has 6 heteroatoms. The molecule has 0 aliphatic carbocycles. The maximum absolute atomic E-state index is 12.0. The Balaban J connectivity index is 2.05. The van der Waals surface area contributed by atoms with Gasteiger partial charge in [-0.15, -0.1) is 0 Å². The van der Waals surface area contributed by atoms with Crippen LogP contribution >= 0.6 is 0 Å². The van der Waals surface area contributed by atoms with Gasteiger partial charge in [-0.05, 0) is 11.1 Å². The number of benzene rings is 2. The van der Waals surface area contributed by atoms with Crippen molar-refractivity contribution in [1.29, 1.82) is 0 Å². The van der Waals surface area contributed by atoms with Gasteiger partial charge in [0.25, 0.3) is 0 Å². The molecule has 5 nitrogen and oxygen atoms in total. The molecule has 2 aromatic carbocycles. The van der Waals surface area contributed by atoms with Gasteiger partial charge in [-0.1, -0.05) is 60.7 Å². The van der Waals surface area contributed by atoms with Gasteiger partial charge in [0, 0.05) is 6.54 Å². The molecular formula is C19H23NO4S. The van der Waals surface area contributed by atoms with Crippen molar-refractivity contribution in [2.75, 3.05) is 24.7 Å². The number of hydrogen-bond acceptors (Lipinski definition) is 5. The van der Waals surface area contributed by atoms with Gasteiger partial charge in [0.15, 0.2) is 9.84 Å². The van der Waals surface area contributed by atoms with Crippen LogP contribution in [0.3, 0.4) is 0 Å². The standard InChI is InChI=1S/C19H23NO4S/c21-12-11-20(17-13-25(23,24)14-18(17)22)19(15-7-3-1-4-8-15)16-9-5-2-6-10-16/h1-10,17-19,21-22H,11-14H2/t17-,18+/m1/s1. The van der Waals surface area contributed by atoms with E-state index in [1.807, 2.05) is 65.6 Å². The first-order chi connectivity index (χ1) is 12.0. The number of rotatable bonds is 6. The average molecular weight is 361 g/mol. The molecule has 2 N–H and O–H groups in total. The molecule has 1 heterocycles. The number of aliphatic hydroxyl groups is 2. The first-order valence-electron chi connectivity index (χ1n) is 8.37. The zero-order valence-corrected chi connectivity index (χ0v) is 14.7. The molecule has 2 atom stereocenters. The molecule has 0 unspecified atom stereocenters. The van der Waals surface area contributed by atoms with E-state index in [2.05, 4.69) is 0 Å². The van der Waals surface area contributed by atoms with Crippen LogP contribution in [-0.4, -0.2) is 60.3 Å². The summed E-state index contributed by atoms with van der Waals surface area (Å²) in [5, 5.41) is 19.9. The number of nitrogens with zero attached hydrogens (tertiary/aromatic N) is 1. The van der Waals surface area contributed by atoms with Crippen molar-refractivity contribution >= 4 is 9.84 Å². The summed E-state index contributed by atoms with van der Waals surface area (Å²) in [6.45, 7) is 0.172. The predicted molar refractivity (Wildman–Crippen MR) is 97.0 cm³/mol.